The molecule has 0 aromatic heterocycles. The molecule has 2 nitrogen and oxygen atoms in total. The standard InChI is InChI=1S/C16H10O2/c17-12-6-3-8-1-5-11-15-9(7-13-16(11)18-13)2-4-10(12)14(8)15/h1-7,13,16-17H. The molecule has 1 heterocycles. The number of hydrogen-bond acceptors (Lipinski definition) is 2. The van der Waals surface area contributed by atoms with E-state index < -0.39 is 0 Å². The highest BCUT2D eigenvalue weighted by molar-refractivity contribution is 6.14. The van der Waals surface area contributed by atoms with Crippen molar-refractivity contribution in [2.75, 3.05) is 0 Å². The molecule has 1 fully saturated rings. The molecule has 0 spiro atoms. The molecule has 18 heavy (non-hydrogen) atoms. The second-order valence-electron chi connectivity index (χ2n) is 5.10. The first-order chi connectivity index (χ1) is 8.83. The Balaban J connectivity index is 2.17. The first-order valence-corrected chi connectivity index (χ1v) is 6.17. The van der Waals surface area contributed by atoms with Crippen LogP contribution in [0.25, 0.3) is 27.6 Å². The molecular weight excluding hydrogens is 224 g/mol. The molecule has 0 radical (unpaired) electrons. The molecule has 0 saturated carbocycles. The van der Waals surface area contributed by atoms with E-state index in [1.807, 2.05) is 12.1 Å². The highest BCUT2D eigenvalue weighted by Crippen LogP contribution is 2.46. The van der Waals surface area contributed by atoms with E-state index in [0.29, 0.717) is 5.75 Å². The summed E-state index contributed by atoms with van der Waals surface area (Å²) < 4.78 is 5.67. The number of hydrogen-bond donors (Lipinski definition) is 1. The molecule has 0 bridgehead atoms. The maximum absolute atomic E-state index is 10.0. The van der Waals surface area contributed by atoms with Crippen molar-refractivity contribution in [2.24, 2.45) is 0 Å². The normalized spacial score (nSPS) is 24.0. The molecular formula is C16H10O2. The second-order valence-corrected chi connectivity index (χ2v) is 5.10. The molecule has 3 aromatic rings. The van der Waals surface area contributed by atoms with Crippen molar-refractivity contribution < 1.29 is 9.84 Å². The maximum Gasteiger partial charge on any atom is 0.123 e. The Hall–Kier alpha value is -2.06. The minimum absolute atomic E-state index is 0.231. The number of fused-ring (bicyclic) bond motifs is 2. The average molecular weight is 234 g/mol. The molecule has 86 valence electrons. The summed E-state index contributed by atoms with van der Waals surface area (Å²) in [6, 6.07) is 12.1. The van der Waals surface area contributed by atoms with E-state index >= 15 is 0 Å². The number of rotatable bonds is 0. The highest BCUT2D eigenvalue weighted by Gasteiger charge is 2.41. The molecule has 2 aliphatic rings. The lowest BCUT2D eigenvalue weighted by atomic mass is 9.90. The topological polar surface area (TPSA) is 32.8 Å². The predicted octanol–water partition coefficient (Wildman–Crippen LogP) is 2.65. The van der Waals surface area contributed by atoms with Crippen LogP contribution in [0.4, 0.5) is 0 Å². The highest BCUT2D eigenvalue weighted by atomic mass is 16.6. The Morgan fingerprint density at radius 2 is 1.83 bits per heavy atom. The van der Waals surface area contributed by atoms with Crippen LogP contribution in [0, 0.1) is 0 Å². The van der Waals surface area contributed by atoms with Crippen LogP contribution in [0.2, 0.25) is 0 Å². The van der Waals surface area contributed by atoms with Gasteiger partial charge in [-0.05, 0) is 33.7 Å². The molecule has 3 aromatic carbocycles. The van der Waals surface area contributed by atoms with Crippen LogP contribution >= 0.6 is 0 Å². The first-order valence-electron chi connectivity index (χ1n) is 6.17. The van der Waals surface area contributed by atoms with Crippen LogP contribution in [0.3, 0.4) is 0 Å². The third-order valence-corrected chi connectivity index (χ3v) is 4.13. The summed E-state index contributed by atoms with van der Waals surface area (Å²) in [5.74, 6) is 0.352. The van der Waals surface area contributed by atoms with Crippen molar-refractivity contribution in [3.8, 4) is 5.75 Å². The third kappa shape index (κ3) is 0.900. The van der Waals surface area contributed by atoms with E-state index in [1.165, 1.54) is 21.6 Å². The van der Waals surface area contributed by atoms with E-state index in [-0.39, 0.29) is 12.2 Å². The van der Waals surface area contributed by atoms with E-state index in [2.05, 4.69) is 24.3 Å². The van der Waals surface area contributed by atoms with Gasteiger partial charge in [-0.3, -0.25) is 0 Å². The molecule has 1 aliphatic heterocycles. The van der Waals surface area contributed by atoms with E-state index in [9.17, 15) is 5.11 Å². The average Bonchev–Trinajstić information content (AvgIpc) is 3.16. The van der Waals surface area contributed by atoms with Gasteiger partial charge in [0, 0.05) is 10.8 Å². The van der Waals surface area contributed by atoms with Gasteiger partial charge in [-0.1, -0.05) is 30.3 Å². The second kappa shape index (κ2) is 2.68. The fraction of sp³-hybridized carbons (Fsp3) is 0.125. The van der Waals surface area contributed by atoms with Gasteiger partial charge < -0.3 is 9.84 Å². The van der Waals surface area contributed by atoms with Crippen LogP contribution in [0.15, 0.2) is 36.4 Å². The Kier molecular flexibility index (Phi) is 1.33. The van der Waals surface area contributed by atoms with Gasteiger partial charge in [0.25, 0.3) is 0 Å². The van der Waals surface area contributed by atoms with Crippen LogP contribution in [0.5, 0.6) is 5.75 Å². The van der Waals surface area contributed by atoms with E-state index in [0.717, 1.165) is 10.8 Å². The number of benzene rings is 3. The van der Waals surface area contributed by atoms with Crippen LogP contribution < -0.4 is 5.22 Å². The van der Waals surface area contributed by atoms with E-state index in [4.69, 9.17) is 4.74 Å². The van der Waals surface area contributed by atoms with Gasteiger partial charge in [-0.25, -0.2) is 0 Å². The van der Waals surface area contributed by atoms with Crippen molar-refractivity contribution in [1.29, 1.82) is 0 Å². The molecule has 2 heteroatoms. The number of aromatic hydroxyl groups is 1. The Morgan fingerprint density at radius 3 is 2.78 bits per heavy atom. The third-order valence-electron chi connectivity index (χ3n) is 4.13. The molecule has 1 aliphatic carbocycles. The summed E-state index contributed by atoms with van der Waals surface area (Å²) in [5, 5.41) is 15.8. The fourth-order valence-electron chi connectivity index (χ4n) is 3.24. The zero-order valence-corrected chi connectivity index (χ0v) is 9.55. The van der Waals surface area contributed by atoms with Gasteiger partial charge in [-0.15, -0.1) is 0 Å². The largest absolute Gasteiger partial charge is 0.507 e. The minimum atomic E-state index is 0.231. The quantitative estimate of drug-likeness (QED) is 0.606. The number of phenolic OH excluding ortho intramolecular Hbond substituents is 1. The number of ether oxygens (including phenoxy) is 1. The first kappa shape index (κ1) is 8.95. The predicted molar refractivity (Wildman–Crippen MR) is 70.4 cm³/mol. The zero-order valence-electron chi connectivity index (χ0n) is 9.55. The summed E-state index contributed by atoms with van der Waals surface area (Å²) in [7, 11) is 0. The Labute approximate surface area is 103 Å². The molecule has 0 amide bonds. The zero-order chi connectivity index (χ0) is 11.9. The van der Waals surface area contributed by atoms with Crippen LogP contribution in [-0.4, -0.2) is 11.2 Å². The molecule has 1 N–H and O–H groups in total. The van der Waals surface area contributed by atoms with Crippen molar-refractivity contribution in [1.82, 2.24) is 0 Å². The smallest absolute Gasteiger partial charge is 0.123 e. The summed E-state index contributed by atoms with van der Waals surface area (Å²) >= 11 is 0. The van der Waals surface area contributed by atoms with Crippen LogP contribution in [-0.2, 0) is 4.74 Å². The number of epoxide rings is 1. The van der Waals surface area contributed by atoms with Gasteiger partial charge in [0.1, 0.15) is 18.0 Å². The van der Waals surface area contributed by atoms with E-state index in [1.54, 1.807) is 6.07 Å². The summed E-state index contributed by atoms with van der Waals surface area (Å²) in [6.45, 7) is 0. The lowest BCUT2D eigenvalue weighted by Gasteiger charge is -2.13. The van der Waals surface area contributed by atoms with Gasteiger partial charge in [0.15, 0.2) is 0 Å². The SMILES string of the molecule is Oc1ccc2ccc3c4c(ccc1c24)=CC1OC31. The monoisotopic (exact) mass is 234 g/mol. The summed E-state index contributed by atoms with van der Waals surface area (Å²) in [4.78, 5) is 0. The lowest BCUT2D eigenvalue weighted by molar-refractivity contribution is 0.401. The Morgan fingerprint density at radius 1 is 0.944 bits per heavy atom. The Bertz CT molecular complexity index is 879. The molecule has 2 atom stereocenters. The van der Waals surface area contributed by atoms with Crippen molar-refractivity contribution in [3.63, 3.8) is 0 Å². The minimum Gasteiger partial charge on any atom is -0.507 e. The fourth-order valence-corrected chi connectivity index (χ4v) is 3.24. The van der Waals surface area contributed by atoms with Crippen LogP contribution in [0.1, 0.15) is 11.7 Å². The van der Waals surface area contributed by atoms with Gasteiger partial charge in [0.2, 0.25) is 0 Å². The summed E-state index contributed by atoms with van der Waals surface area (Å²) in [6.07, 6.45) is 2.68. The van der Waals surface area contributed by atoms with Crippen molar-refractivity contribution in [3.05, 3.63) is 47.2 Å². The molecule has 2 unspecified atom stereocenters. The van der Waals surface area contributed by atoms with Crippen molar-refractivity contribution >= 4 is 27.6 Å². The van der Waals surface area contributed by atoms with Gasteiger partial charge in [0.05, 0.1) is 0 Å². The van der Waals surface area contributed by atoms with Gasteiger partial charge >= 0.3 is 0 Å². The summed E-state index contributed by atoms with van der Waals surface area (Å²) in [5.41, 5.74) is 1.27. The maximum atomic E-state index is 10.0. The van der Waals surface area contributed by atoms with Crippen molar-refractivity contribution in [2.45, 2.75) is 12.2 Å². The van der Waals surface area contributed by atoms with Gasteiger partial charge in [-0.2, -0.15) is 0 Å². The lowest BCUT2D eigenvalue weighted by Crippen LogP contribution is -2.10. The molecule has 5 rings (SSSR count). The molecule has 1 saturated heterocycles. The number of phenols is 1.